The highest BCUT2D eigenvalue weighted by atomic mass is 127. The molecule has 4 aromatic rings. The Labute approximate surface area is 118 Å². The first kappa shape index (κ1) is 10.4. The van der Waals surface area contributed by atoms with Crippen LogP contribution in [0.4, 0.5) is 0 Å². The molecule has 2 heteroatoms. The first-order chi connectivity index (χ1) is 8.83. The van der Waals surface area contributed by atoms with Crippen molar-refractivity contribution in [3.8, 4) is 0 Å². The molecule has 0 fully saturated rings. The van der Waals surface area contributed by atoms with Crippen LogP contribution in [0, 0.1) is 3.57 Å². The second kappa shape index (κ2) is 3.72. The first-order valence-electron chi connectivity index (χ1n) is 5.82. The Morgan fingerprint density at radius 3 is 2.61 bits per heavy atom. The zero-order valence-electron chi connectivity index (χ0n) is 9.48. The molecule has 0 spiro atoms. The van der Waals surface area contributed by atoms with Crippen LogP contribution in [0.3, 0.4) is 0 Å². The van der Waals surface area contributed by atoms with Gasteiger partial charge in [0.1, 0.15) is 11.2 Å². The summed E-state index contributed by atoms with van der Waals surface area (Å²) < 4.78 is 7.15. The third kappa shape index (κ3) is 1.38. The molecule has 0 saturated carbocycles. The van der Waals surface area contributed by atoms with Gasteiger partial charge in [0.2, 0.25) is 0 Å². The van der Waals surface area contributed by atoms with Crippen LogP contribution >= 0.6 is 22.6 Å². The molecular weight excluding hydrogens is 335 g/mol. The normalized spacial score (nSPS) is 11.6. The minimum absolute atomic E-state index is 0.957. The van der Waals surface area contributed by atoms with Crippen LogP contribution in [0.2, 0.25) is 0 Å². The topological polar surface area (TPSA) is 13.1 Å². The standard InChI is InChI=1S/C16H9IO/c17-11-6-7-12-10(9-11)5-8-15-16(12)13-3-1-2-4-14(13)18-15/h1-9H. The predicted molar refractivity (Wildman–Crippen MR) is 83.9 cm³/mol. The average Bonchev–Trinajstić information content (AvgIpc) is 2.77. The SMILES string of the molecule is Ic1ccc2c(ccc3oc4ccccc4c32)c1. The summed E-state index contributed by atoms with van der Waals surface area (Å²) in [5, 5.41) is 4.94. The molecule has 0 aliphatic carbocycles. The lowest BCUT2D eigenvalue weighted by Crippen LogP contribution is -1.76. The van der Waals surface area contributed by atoms with Gasteiger partial charge in [-0.15, -0.1) is 0 Å². The third-order valence-electron chi connectivity index (χ3n) is 3.32. The van der Waals surface area contributed by atoms with Crippen LogP contribution in [0.1, 0.15) is 0 Å². The van der Waals surface area contributed by atoms with E-state index in [-0.39, 0.29) is 0 Å². The molecule has 0 aliphatic rings. The van der Waals surface area contributed by atoms with E-state index in [1.807, 2.05) is 12.1 Å². The Morgan fingerprint density at radius 1 is 0.778 bits per heavy atom. The quantitative estimate of drug-likeness (QED) is 0.392. The van der Waals surface area contributed by atoms with Gasteiger partial charge in [0.25, 0.3) is 0 Å². The van der Waals surface area contributed by atoms with E-state index in [0.29, 0.717) is 0 Å². The number of fused-ring (bicyclic) bond motifs is 5. The molecule has 1 aromatic heterocycles. The molecule has 0 N–H and O–H groups in total. The fourth-order valence-electron chi connectivity index (χ4n) is 2.52. The Kier molecular flexibility index (Phi) is 2.14. The van der Waals surface area contributed by atoms with Crippen molar-refractivity contribution in [1.29, 1.82) is 0 Å². The van der Waals surface area contributed by atoms with Crippen molar-refractivity contribution in [1.82, 2.24) is 0 Å². The van der Waals surface area contributed by atoms with E-state index in [2.05, 4.69) is 65.1 Å². The fraction of sp³-hybridized carbons (Fsp3) is 0. The summed E-state index contributed by atoms with van der Waals surface area (Å²) in [6.07, 6.45) is 0. The van der Waals surface area contributed by atoms with Crippen LogP contribution < -0.4 is 0 Å². The lowest BCUT2D eigenvalue weighted by atomic mass is 10.0. The molecule has 18 heavy (non-hydrogen) atoms. The lowest BCUT2D eigenvalue weighted by molar-refractivity contribution is 0.669. The van der Waals surface area contributed by atoms with Crippen molar-refractivity contribution >= 4 is 55.3 Å². The van der Waals surface area contributed by atoms with Crippen molar-refractivity contribution in [3.05, 3.63) is 58.2 Å². The predicted octanol–water partition coefficient (Wildman–Crippen LogP) is 5.34. The highest BCUT2D eigenvalue weighted by Crippen LogP contribution is 2.34. The van der Waals surface area contributed by atoms with Crippen molar-refractivity contribution in [2.45, 2.75) is 0 Å². The summed E-state index contributed by atoms with van der Waals surface area (Å²) in [4.78, 5) is 0. The van der Waals surface area contributed by atoms with Gasteiger partial charge in [-0.25, -0.2) is 0 Å². The number of rotatable bonds is 0. The third-order valence-corrected chi connectivity index (χ3v) is 3.99. The van der Waals surface area contributed by atoms with Gasteiger partial charge in [-0.2, -0.15) is 0 Å². The highest BCUT2D eigenvalue weighted by Gasteiger charge is 2.09. The zero-order chi connectivity index (χ0) is 12.1. The first-order valence-corrected chi connectivity index (χ1v) is 6.90. The van der Waals surface area contributed by atoms with Gasteiger partial charge in [-0.1, -0.05) is 30.3 Å². The van der Waals surface area contributed by atoms with Crippen molar-refractivity contribution in [3.63, 3.8) is 0 Å². The van der Waals surface area contributed by atoms with Crippen molar-refractivity contribution in [2.75, 3.05) is 0 Å². The maximum absolute atomic E-state index is 5.89. The molecule has 0 amide bonds. The van der Waals surface area contributed by atoms with Crippen LogP contribution in [-0.2, 0) is 0 Å². The zero-order valence-corrected chi connectivity index (χ0v) is 11.6. The van der Waals surface area contributed by atoms with E-state index in [1.54, 1.807) is 0 Å². The molecule has 0 atom stereocenters. The molecule has 0 unspecified atom stereocenters. The lowest BCUT2D eigenvalue weighted by Gasteiger charge is -2.00. The average molecular weight is 344 g/mol. The summed E-state index contributed by atoms with van der Waals surface area (Å²) in [5.74, 6) is 0. The van der Waals surface area contributed by atoms with Crippen LogP contribution in [0.5, 0.6) is 0 Å². The van der Waals surface area contributed by atoms with Crippen LogP contribution in [0.15, 0.2) is 59.0 Å². The maximum Gasteiger partial charge on any atom is 0.136 e. The summed E-state index contributed by atoms with van der Waals surface area (Å²) in [6.45, 7) is 0. The van der Waals surface area contributed by atoms with Gasteiger partial charge >= 0.3 is 0 Å². The largest absolute Gasteiger partial charge is 0.456 e. The van der Waals surface area contributed by atoms with E-state index >= 15 is 0 Å². The van der Waals surface area contributed by atoms with E-state index in [1.165, 1.54) is 25.1 Å². The Balaban J connectivity index is 2.32. The molecule has 4 rings (SSSR count). The van der Waals surface area contributed by atoms with Gasteiger partial charge in [0, 0.05) is 14.3 Å². The molecule has 1 nitrogen and oxygen atoms in total. The molecule has 0 bridgehead atoms. The van der Waals surface area contributed by atoms with E-state index in [9.17, 15) is 0 Å². The van der Waals surface area contributed by atoms with Gasteiger partial charge in [0.05, 0.1) is 0 Å². The number of halogens is 1. The minimum Gasteiger partial charge on any atom is -0.456 e. The molecular formula is C16H9IO. The van der Waals surface area contributed by atoms with Crippen LogP contribution in [0.25, 0.3) is 32.7 Å². The monoisotopic (exact) mass is 344 g/mol. The molecule has 86 valence electrons. The number of furan rings is 1. The molecule has 0 saturated heterocycles. The van der Waals surface area contributed by atoms with Gasteiger partial charge < -0.3 is 4.42 Å². The second-order valence-electron chi connectivity index (χ2n) is 4.40. The van der Waals surface area contributed by atoms with E-state index in [4.69, 9.17) is 4.42 Å². The summed E-state index contributed by atoms with van der Waals surface area (Å²) in [6, 6.07) is 18.9. The maximum atomic E-state index is 5.89. The summed E-state index contributed by atoms with van der Waals surface area (Å²) in [5.41, 5.74) is 1.92. The molecule has 3 aromatic carbocycles. The summed E-state index contributed by atoms with van der Waals surface area (Å²) >= 11 is 2.34. The van der Waals surface area contributed by atoms with Crippen molar-refractivity contribution < 1.29 is 4.42 Å². The van der Waals surface area contributed by atoms with E-state index in [0.717, 1.165) is 11.2 Å². The van der Waals surface area contributed by atoms with Gasteiger partial charge in [0.15, 0.2) is 0 Å². The van der Waals surface area contributed by atoms with Gasteiger partial charge in [-0.3, -0.25) is 0 Å². The van der Waals surface area contributed by atoms with Crippen molar-refractivity contribution in [2.24, 2.45) is 0 Å². The van der Waals surface area contributed by atoms with E-state index < -0.39 is 0 Å². The number of hydrogen-bond donors (Lipinski definition) is 0. The second-order valence-corrected chi connectivity index (χ2v) is 5.65. The Hall–Kier alpha value is -1.55. The minimum atomic E-state index is 0.957. The highest BCUT2D eigenvalue weighted by molar-refractivity contribution is 14.1. The fourth-order valence-corrected chi connectivity index (χ4v) is 3.04. The number of benzene rings is 3. The molecule has 0 aliphatic heterocycles. The molecule has 0 radical (unpaired) electrons. The molecule has 1 heterocycles. The van der Waals surface area contributed by atoms with Crippen LogP contribution in [-0.4, -0.2) is 0 Å². The number of hydrogen-bond acceptors (Lipinski definition) is 1. The smallest absolute Gasteiger partial charge is 0.136 e. The summed E-state index contributed by atoms with van der Waals surface area (Å²) in [7, 11) is 0. The number of para-hydroxylation sites is 1. The van der Waals surface area contributed by atoms with Gasteiger partial charge in [-0.05, 0) is 57.6 Å². The Morgan fingerprint density at radius 2 is 1.67 bits per heavy atom. The Bertz CT molecular complexity index is 889.